The molecule has 1 N–H and O–H groups in total. The molecule has 0 radical (unpaired) electrons. The molecule has 0 amide bonds. The molecule has 2 aromatic heterocycles. The van der Waals surface area contributed by atoms with Crippen molar-refractivity contribution >= 4 is 45.7 Å². The van der Waals surface area contributed by atoms with Crippen molar-refractivity contribution in [1.82, 2.24) is 19.7 Å². The maximum atomic E-state index is 12.1. The van der Waals surface area contributed by atoms with Gasteiger partial charge in [0.05, 0.1) is 21.2 Å². The van der Waals surface area contributed by atoms with E-state index in [9.17, 15) is 9.59 Å². The summed E-state index contributed by atoms with van der Waals surface area (Å²) in [6.07, 6.45) is 0. The van der Waals surface area contributed by atoms with E-state index in [0.29, 0.717) is 16.4 Å². The van der Waals surface area contributed by atoms with Gasteiger partial charge < -0.3 is 4.74 Å². The van der Waals surface area contributed by atoms with Gasteiger partial charge >= 0.3 is 5.69 Å². The molecule has 4 rings (SSSR count). The Balaban J connectivity index is 1.75. The SMILES string of the molecule is Cc1cc(Cl)nc2ccc(Oc3c(Cl)cc(-n4nc(C#N)c(=O)[nH]c4=O)cc3Cl)cc12. The van der Waals surface area contributed by atoms with Gasteiger partial charge in [-0.15, -0.1) is 5.10 Å². The number of nitriles is 1. The molecule has 0 spiro atoms. The molecule has 154 valence electrons. The molecule has 31 heavy (non-hydrogen) atoms. The van der Waals surface area contributed by atoms with Gasteiger partial charge in [0.2, 0.25) is 5.69 Å². The third-order valence-corrected chi connectivity index (χ3v) is 5.09. The number of rotatable bonds is 3. The first-order chi connectivity index (χ1) is 14.8. The maximum absolute atomic E-state index is 12.1. The van der Waals surface area contributed by atoms with Crippen LogP contribution >= 0.6 is 34.8 Å². The molecule has 4 aromatic rings. The third-order valence-electron chi connectivity index (χ3n) is 4.34. The van der Waals surface area contributed by atoms with Gasteiger partial charge in [0.15, 0.2) is 5.75 Å². The number of H-pyrrole nitrogens is 1. The molecule has 0 aliphatic heterocycles. The number of ether oxygens (including phenoxy) is 1. The van der Waals surface area contributed by atoms with Crippen molar-refractivity contribution in [2.75, 3.05) is 0 Å². The average molecular weight is 475 g/mol. The fourth-order valence-corrected chi connectivity index (χ4v) is 3.74. The Bertz CT molecular complexity index is 1500. The van der Waals surface area contributed by atoms with Gasteiger partial charge in [-0.1, -0.05) is 34.8 Å². The van der Waals surface area contributed by atoms with Crippen LogP contribution in [-0.4, -0.2) is 19.7 Å². The Labute approximate surface area is 189 Å². The number of aromatic amines is 1. The molecule has 11 heteroatoms. The number of aryl methyl sites for hydroxylation is 1. The first-order valence-electron chi connectivity index (χ1n) is 8.65. The van der Waals surface area contributed by atoms with Gasteiger partial charge in [0.1, 0.15) is 17.0 Å². The predicted octanol–water partition coefficient (Wildman–Crippen LogP) is 4.40. The van der Waals surface area contributed by atoms with Crippen molar-refractivity contribution in [3.8, 4) is 23.3 Å². The highest BCUT2D eigenvalue weighted by Gasteiger charge is 2.15. The molecule has 0 aliphatic carbocycles. The highest BCUT2D eigenvalue weighted by Crippen LogP contribution is 2.38. The Hall–Kier alpha value is -3.38. The first-order valence-corrected chi connectivity index (χ1v) is 9.78. The van der Waals surface area contributed by atoms with E-state index in [4.69, 9.17) is 44.8 Å². The largest absolute Gasteiger partial charge is 0.454 e. The van der Waals surface area contributed by atoms with Gasteiger partial charge in [0, 0.05) is 5.39 Å². The van der Waals surface area contributed by atoms with E-state index in [1.54, 1.807) is 30.3 Å². The monoisotopic (exact) mass is 473 g/mol. The number of nitrogens with one attached hydrogen (secondary N) is 1. The topological polar surface area (TPSA) is 114 Å². The molecule has 0 aliphatic rings. The fourth-order valence-electron chi connectivity index (χ4n) is 2.93. The standard InChI is InChI=1S/C20H10Cl3N5O3/c1-9-4-17(23)25-15-3-2-11(7-12(9)15)31-18-13(21)5-10(6-14(18)22)28-20(30)26-19(29)16(8-24)27-28/h2-7H,1H3,(H,26,29,30). The molecular formula is C20H10Cl3N5O3. The Morgan fingerprint density at radius 1 is 1.10 bits per heavy atom. The van der Waals surface area contributed by atoms with Crippen molar-refractivity contribution in [2.24, 2.45) is 0 Å². The predicted molar refractivity (Wildman–Crippen MR) is 117 cm³/mol. The molecule has 0 atom stereocenters. The van der Waals surface area contributed by atoms with Crippen LogP contribution in [0.25, 0.3) is 16.6 Å². The summed E-state index contributed by atoms with van der Waals surface area (Å²) in [5, 5.41) is 14.1. The Morgan fingerprint density at radius 3 is 2.48 bits per heavy atom. The van der Waals surface area contributed by atoms with Gasteiger partial charge in [0.25, 0.3) is 5.56 Å². The summed E-state index contributed by atoms with van der Waals surface area (Å²) < 4.78 is 6.69. The van der Waals surface area contributed by atoms with Crippen LogP contribution in [-0.2, 0) is 0 Å². The van der Waals surface area contributed by atoms with E-state index >= 15 is 0 Å². The molecule has 0 unspecified atom stereocenters. The number of hydrogen-bond acceptors (Lipinski definition) is 6. The molecule has 0 fully saturated rings. The van der Waals surface area contributed by atoms with Gasteiger partial charge in [-0.25, -0.2) is 9.78 Å². The lowest BCUT2D eigenvalue weighted by molar-refractivity contribution is 0.483. The van der Waals surface area contributed by atoms with Gasteiger partial charge in [-0.2, -0.15) is 9.94 Å². The van der Waals surface area contributed by atoms with E-state index in [2.05, 4.69) is 10.1 Å². The van der Waals surface area contributed by atoms with E-state index in [-0.39, 0.29) is 21.5 Å². The maximum Gasteiger partial charge on any atom is 0.349 e. The first kappa shape index (κ1) is 20.9. The van der Waals surface area contributed by atoms with Crippen LogP contribution in [0.2, 0.25) is 15.2 Å². The molecular weight excluding hydrogens is 465 g/mol. The summed E-state index contributed by atoms with van der Waals surface area (Å²) >= 11 is 18.7. The number of pyridine rings is 1. The summed E-state index contributed by atoms with van der Waals surface area (Å²) in [5.41, 5.74) is -0.434. The second-order valence-electron chi connectivity index (χ2n) is 6.41. The summed E-state index contributed by atoms with van der Waals surface area (Å²) in [4.78, 5) is 29.9. The fraction of sp³-hybridized carbons (Fsp3) is 0.0500. The van der Waals surface area contributed by atoms with Gasteiger partial charge in [-0.3, -0.25) is 9.78 Å². The summed E-state index contributed by atoms with van der Waals surface area (Å²) in [7, 11) is 0. The molecule has 0 bridgehead atoms. The quantitative estimate of drug-likeness (QED) is 0.440. The van der Waals surface area contributed by atoms with Crippen LogP contribution in [0.3, 0.4) is 0 Å². The van der Waals surface area contributed by atoms with Crippen LogP contribution in [0.5, 0.6) is 11.5 Å². The van der Waals surface area contributed by atoms with Crippen LogP contribution in [0.4, 0.5) is 0 Å². The third kappa shape index (κ3) is 3.99. The van der Waals surface area contributed by atoms with Gasteiger partial charge in [-0.05, 0) is 48.9 Å². The Kier molecular flexibility index (Phi) is 5.41. The second-order valence-corrected chi connectivity index (χ2v) is 7.61. The number of fused-ring (bicyclic) bond motifs is 1. The smallest absolute Gasteiger partial charge is 0.349 e. The van der Waals surface area contributed by atoms with Crippen molar-refractivity contribution < 1.29 is 4.74 Å². The lowest BCUT2D eigenvalue weighted by Crippen LogP contribution is -2.33. The number of benzene rings is 2. The lowest BCUT2D eigenvalue weighted by Gasteiger charge is -2.13. The minimum atomic E-state index is -0.886. The summed E-state index contributed by atoms with van der Waals surface area (Å²) in [5.74, 6) is 0.617. The zero-order valence-electron chi connectivity index (χ0n) is 15.6. The summed E-state index contributed by atoms with van der Waals surface area (Å²) in [6.45, 7) is 1.90. The van der Waals surface area contributed by atoms with E-state index in [1.165, 1.54) is 12.1 Å². The lowest BCUT2D eigenvalue weighted by atomic mass is 10.1. The van der Waals surface area contributed by atoms with Crippen LogP contribution in [0.1, 0.15) is 11.3 Å². The van der Waals surface area contributed by atoms with E-state index < -0.39 is 16.9 Å². The number of aromatic nitrogens is 4. The van der Waals surface area contributed by atoms with Crippen molar-refractivity contribution in [2.45, 2.75) is 6.92 Å². The zero-order valence-corrected chi connectivity index (χ0v) is 17.9. The highest BCUT2D eigenvalue weighted by molar-refractivity contribution is 6.37. The number of hydrogen-bond donors (Lipinski definition) is 1. The molecule has 2 heterocycles. The number of halogens is 3. The van der Waals surface area contributed by atoms with Crippen LogP contribution in [0.15, 0.2) is 46.0 Å². The van der Waals surface area contributed by atoms with Crippen molar-refractivity contribution in [3.63, 3.8) is 0 Å². The molecule has 0 saturated carbocycles. The number of nitrogens with zero attached hydrogens (tertiary/aromatic N) is 4. The van der Waals surface area contributed by atoms with Crippen molar-refractivity contribution in [3.05, 3.63) is 83.7 Å². The minimum Gasteiger partial charge on any atom is -0.454 e. The molecule has 0 saturated heterocycles. The molecule has 2 aromatic carbocycles. The average Bonchev–Trinajstić information content (AvgIpc) is 2.71. The zero-order chi connectivity index (χ0) is 22.3. The molecule has 8 nitrogen and oxygen atoms in total. The normalized spacial score (nSPS) is 10.8. The van der Waals surface area contributed by atoms with E-state index in [1.807, 2.05) is 11.9 Å². The second kappa shape index (κ2) is 8.04. The van der Waals surface area contributed by atoms with Crippen molar-refractivity contribution in [1.29, 1.82) is 5.26 Å². The highest BCUT2D eigenvalue weighted by atomic mass is 35.5. The van der Waals surface area contributed by atoms with E-state index in [0.717, 1.165) is 15.6 Å². The minimum absolute atomic E-state index is 0.0898. The Morgan fingerprint density at radius 2 is 1.81 bits per heavy atom. The van der Waals surface area contributed by atoms with Crippen LogP contribution < -0.4 is 16.0 Å². The summed E-state index contributed by atoms with van der Waals surface area (Å²) in [6, 6.07) is 11.3. The van der Waals surface area contributed by atoms with Crippen LogP contribution in [0, 0.1) is 18.3 Å².